The number of urea groups is 1. The third-order valence-corrected chi connectivity index (χ3v) is 5.61. The highest BCUT2D eigenvalue weighted by molar-refractivity contribution is 5.74. The van der Waals surface area contributed by atoms with E-state index in [0.29, 0.717) is 19.6 Å². The number of carbonyl (C=O) groups is 1. The molecule has 4 rings (SSSR count). The van der Waals surface area contributed by atoms with Crippen LogP contribution in [0.15, 0.2) is 24.4 Å². The van der Waals surface area contributed by atoms with Crippen molar-refractivity contribution in [2.24, 2.45) is 0 Å². The van der Waals surface area contributed by atoms with Crippen LogP contribution in [0.5, 0.6) is 0 Å². The number of hydrogen-bond acceptors (Lipinski definition) is 4. The van der Waals surface area contributed by atoms with Crippen LogP contribution in [0, 0.1) is 0 Å². The van der Waals surface area contributed by atoms with E-state index in [1.807, 2.05) is 23.1 Å². The zero-order valence-electron chi connectivity index (χ0n) is 16.3. The molecule has 0 bridgehead atoms. The van der Waals surface area contributed by atoms with Gasteiger partial charge < -0.3 is 15.0 Å². The second-order valence-corrected chi connectivity index (χ2v) is 7.68. The number of fused-ring (bicyclic) bond motifs is 1. The maximum Gasteiger partial charge on any atom is 0.318 e. The average Bonchev–Trinajstić information content (AvgIpc) is 3.30. The van der Waals surface area contributed by atoms with Crippen molar-refractivity contribution in [2.45, 2.75) is 64.1 Å². The summed E-state index contributed by atoms with van der Waals surface area (Å²) in [6.07, 6.45) is 9.69. The largest absolute Gasteiger partial charge is 0.376 e. The maximum atomic E-state index is 13.0. The Morgan fingerprint density at radius 2 is 2.18 bits per heavy atom. The molecule has 1 aliphatic carbocycles. The van der Waals surface area contributed by atoms with Crippen LogP contribution in [0.25, 0.3) is 0 Å². The van der Waals surface area contributed by atoms with Gasteiger partial charge >= 0.3 is 6.03 Å². The Hall–Kier alpha value is -2.41. The van der Waals surface area contributed by atoms with E-state index in [2.05, 4.69) is 20.5 Å². The molecule has 1 saturated heterocycles. The van der Waals surface area contributed by atoms with Crippen LogP contribution in [-0.4, -0.2) is 45.4 Å². The summed E-state index contributed by atoms with van der Waals surface area (Å²) in [5.74, 6) is 0. The number of H-pyrrole nitrogens is 1. The number of nitrogens with one attached hydrogen (secondary N) is 2. The summed E-state index contributed by atoms with van der Waals surface area (Å²) in [5, 5.41) is 10.7. The van der Waals surface area contributed by atoms with Gasteiger partial charge in [0.1, 0.15) is 0 Å². The van der Waals surface area contributed by atoms with Gasteiger partial charge in [0.25, 0.3) is 0 Å². The highest BCUT2D eigenvalue weighted by Crippen LogP contribution is 2.21. The van der Waals surface area contributed by atoms with Crippen molar-refractivity contribution in [3.63, 3.8) is 0 Å². The molecule has 28 heavy (non-hydrogen) atoms. The van der Waals surface area contributed by atoms with Gasteiger partial charge in [-0.2, -0.15) is 5.10 Å². The van der Waals surface area contributed by atoms with Gasteiger partial charge in [-0.15, -0.1) is 0 Å². The molecule has 0 saturated carbocycles. The molecular formula is C21H29N5O2. The molecular weight excluding hydrogens is 354 g/mol. The normalized spacial score (nSPS) is 19.1. The fourth-order valence-electron chi connectivity index (χ4n) is 4.08. The number of aryl methyl sites for hydroxylation is 1. The van der Waals surface area contributed by atoms with Crippen LogP contribution in [0.3, 0.4) is 0 Å². The second-order valence-electron chi connectivity index (χ2n) is 7.68. The molecule has 0 spiro atoms. The Bertz CT molecular complexity index is 770. The van der Waals surface area contributed by atoms with Crippen molar-refractivity contribution in [3.05, 3.63) is 47.0 Å². The van der Waals surface area contributed by atoms with Crippen LogP contribution < -0.4 is 5.32 Å². The van der Waals surface area contributed by atoms with Crippen molar-refractivity contribution < 1.29 is 9.53 Å². The maximum absolute atomic E-state index is 13.0. The molecule has 2 aromatic heterocycles. The minimum absolute atomic E-state index is 0.0912. The summed E-state index contributed by atoms with van der Waals surface area (Å²) in [6.45, 7) is 2.30. The van der Waals surface area contributed by atoms with E-state index in [4.69, 9.17) is 4.74 Å². The molecule has 0 unspecified atom stereocenters. The second kappa shape index (κ2) is 9.19. The molecule has 2 amide bonds. The first-order valence-corrected chi connectivity index (χ1v) is 10.4. The van der Waals surface area contributed by atoms with E-state index in [0.717, 1.165) is 43.7 Å². The average molecular weight is 383 g/mol. The zero-order valence-corrected chi connectivity index (χ0v) is 16.3. The Morgan fingerprint density at radius 1 is 1.25 bits per heavy atom. The van der Waals surface area contributed by atoms with Gasteiger partial charge in [-0.3, -0.25) is 10.1 Å². The molecule has 0 radical (unpaired) electrons. The van der Waals surface area contributed by atoms with Crippen LogP contribution in [-0.2, 0) is 30.7 Å². The zero-order chi connectivity index (χ0) is 19.2. The minimum atomic E-state index is -0.0912. The topological polar surface area (TPSA) is 83.1 Å². The lowest BCUT2D eigenvalue weighted by molar-refractivity contribution is 0.0791. The van der Waals surface area contributed by atoms with Gasteiger partial charge in [0.2, 0.25) is 0 Å². The molecule has 7 heteroatoms. The highest BCUT2D eigenvalue weighted by atomic mass is 16.5. The first-order chi connectivity index (χ1) is 13.8. The predicted octanol–water partition coefficient (Wildman–Crippen LogP) is 2.96. The summed E-state index contributed by atoms with van der Waals surface area (Å²) < 4.78 is 5.75. The SMILES string of the molecule is O=C(NCc1n[nH]c2c1CCCCC2)N(Cc1ccccn1)C[C@@H]1CCCO1. The number of aromatic nitrogens is 3. The number of carbonyl (C=O) groups excluding carboxylic acids is 1. The minimum Gasteiger partial charge on any atom is -0.376 e. The number of aromatic amines is 1. The van der Waals surface area contributed by atoms with Gasteiger partial charge in [0, 0.05) is 25.0 Å². The summed E-state index contributed by atoms with van der Waals surface area (Å²) in [7, 11) is 0. The van der Waals surface area contributed by atoms with E-state index in [-0.39, 0.29) is 12.1 Å². The predicted molar refractivity (Wildman–Crippen MR) is 106 cm³/mol. The summed E-state index contributed by atoms with van der Waals surface area (Å²) in [5.41, 5.74) is 4.39. The summed E-state index contributed by atoms with van der Waals surface area (Å²) >= 11 is 0. The first-order valence-electron chi connectivity index (χ1n) is 10.4. The number of ether oxygens (including phenoxy) is 1. The molecule has 0 aromatic carbocycles. The third kappa shape index (κ3) is 4.70. The number of rotatable bonds is 6. The number of pyridine rings is 1. The highest BCUT2D eigenvalue weighted by Gasteiger charge is 2.24. The first kappa shape index (κ1) is 18.9. The number of hydrogen-bond donors (Lipinski definition) is 2. The van der Waals surface area contributed by atoms with Crippen LogP contribution in [0.2, 0.25) is 0 Å². The van der Waals surface area contributed by atoms with E-state index in [1.54, 1.807) is 6.20 Å². The Labute approximate surface area is 165 Å². The van der Waals surface area contributed by atoms with Gasteiger partial charge in [0.05, 0.1) is 30.6 Å². The van der Waals surface area contributed by atoms with Crippen molar-refractivity contribution in [2.75, 3.05) is 13.2 Å². The molecule has 1 fully saturated rings. The third-order valence-electron chi connectivity index (χ3n) is 5.61. The van der Waals surface area contributed by atoms with E-state index < -0.39 is 0 Å². The van der Waals surface area contributed by atoms with Crippen molar-refractivity contribution in [1.82, 2.24) is 25.4 Å². The fraction of sp³-hybridized carbons (Fsp3) is 0.571. The van der Waals surface area contributed by atoms with Gasteiger partial charge in [-0.05, 0) is 56.2 Å². The van der Waals surface area contributed by atoms with Crippen molar-refractivity contribution in [3.8, 4) is 0 Å². The Balaban J connectivity index is 1.40. The monoisotopic (exact) mass is 383 g/mol. The van der Waals surface area contributed by atoms with E-state index >= 15 is 0 Å². The lowest BCUT2D eigenvalue weighted by Gasteiger charge is -2.25. The lowest BCUT2D eigenvalue weighted by atomic mass is 10.1. The fourth-order valence-corrected chi connectivity index (χ4v) is 4.08. The van der Waals surface area contributed by atoms with Gasteiger partial charge in [0.15, 0.2) is 0 Å². The molecule has 3 heterocycles. The number of nitrogens with zero attached hydrogens (tertiary/aromatic N) is 3. The Kier molecular flexibility index (Phi) is 6.21. The van der Waals surface area contributed by atoms with E-state index in [1.165, 1.54) is 30.5 Å². The lowest BCUT2D eigenvalue weighted by Crippen LogP contribution is -2.43. The molecule has 2 aliphatic rings. The molecule has 1 aliphatic heterocycles. The van der Waals surface area contributed by atoms with Crippen molar-refractivity contribution in [1.29, 1.82) is 0 Å². The van der Waals surface area contributed by atoms with Crippen molar-refractivity contribution >= 4 is 6.03 Å². The molecule has 7 nitrogen and oxygen atoms in total. The molecule has 1 atom stereocenters. The standard InChI is InChI=1S/C21H29N5O2/c27-21(23-13-20-18-9-2-1-3-10-19(18)24-25-20)26(15-17-8-6-12-28-17)14-16-7-4-5-11-22-16/h4-5,7,11,17H,1-3,6,8-10,12-15H2,(H,23,27)(H,24,25)/t17-/m0/s1. The van der Waals surface area contributed by atoms with Crippen LogP contribution in [0.4, 0.5) is 4.79 Å². The number of amides is 2. The van der Waals surface area contributed by atoms with Crippen LogP contribution in [0.1, 0.15) is 54.7 Å². The van der Waals surface area contributed by atoms with Gasteiger partial charge in [-0.1, -0.05) is 12.5 Å². The summed E-state index contributed by atoms with van der Waals surface area (Å²) in [6, 6.07) is 5.69. The van der Waals surface area contributed by atoms with Crippen LogP contribution >= 0.6 is 0 Å². The van der Waals surface area contributed by atoms with Gasteiger partial charge in [-0.25, -0.2) is 4.79 Å². The molecule has 2 aromatic rings. The molecule has 2 N–H and O–H groups in total. The van der Waals surface area contributed by atoms with E-state index in [9.17, 15) is 4.79 Å². The molecule has 150 valence electrons. The quantitative estimate of drug-likeness (QED) is 0.751. The Morgan fingerprint density at radius 3 is 3.00 bits per heavy atom. The summed E-state index contributed by atoms with van der Waals surface area (Å²) in [4.78, 5) is 19.1. The smallest absolute Gasteiger partial charge is 0.318 e.